The van der Waals surface area contributed by atoms with Crippen molar-refractivity contribution < 1.29 is 29.0 Å². The summed E-state index contributed by atoms with van der Waals surface area (Å²) in [4.78, 5) is 37.1. The maximum Gasteiger partial charge on any atom is 0.325 e. The van der Waals surface area contributed by atoms with E-state index < -0.39 is 12.0 Å². The van der Waals surface area contributed by atoms with E-state index in [1.54, 1.807) is 23.1 Å². The fourth-order valence-corrected chi connectivity index (χ4v) is 3.35. The molecular weight excluding hydrogens is 400 g/mol. The number of piperidine rings is 1. The van der Waals surface area contributed by atoms with Crippen LogP contribution in [-0.2, 0) is 14.4 Å². The molecule has 0 bridgehead atoms. The third-order valence-corrected chi connectivity index (χ3v) is 5.22. The minimum atomic E-state index is -1.08. The normalized spacial score (nSPS) is 15.8. The van der Waals surface area contributed by atoms with E-state index in [4.69, 9.17) is 26.2 Å². The number of hydrogen-bond acceptors (Lipinski definition) is 5. The average molecular weight is 425 g/mol. The number of benzene rings is 1. The van der Waals surface area contributed by atoms with E-state index in [1.807, 2.05) is 0 Å². The highest BCUT2D eigenvalue weighted by Crippen LogP contribution is 2.37. The number of rotatable bonds is 7. The van der Waals surface area contributed by atoms with Crippen LogP contribution in [0.5, 0.6) is 11.5 Å². The summed E-state index contributed by atoms with van der Waals surface area (Å²) in [6, 6.07) is 2.50. The Morgan fingerprint density at radius 2 is 1.90 bits per heavy atom. The Bertz CT molecular complexity index is 802. The number of carbonyl (C=O) groups is 3. The van der Waals surface area contributed by atoms with Crippen LogP contribution in [0.4, 0.5) is 0 Å². The number of carbonyl (C=O) groups excluding carboxylic acids is 2. The number of aliphatic carboxylic acids is 1. The quantitative estimate of drug-likeness (QED) is 0.650. The minimum absolute atomic E-state index is 0.186. The van der Waals surface area contributed by atoms with Crippen molar-refractivity contribution in [2.45, 2.75) is 25.8 Å². The first-order valence-electron chi connectivity index (χ1n) is 9.19. The molecule has 1 atom stereocenters. The highest BCUT2D eigenvalue weighted by molar-refractivity contribution is 6.33. The van der Waals surface area contributed by atoms with Crippen LogP contribution >= 0.6 is 11.6 Å². The number of ether oxygens (including phenoxy) is 2. The van der Waals surface area contributed by atoms with Crippen LogP contribution in [0, 0.1) is 5.92 Å². The lowest BCUT2D eigenvalue weighted by atomic mass is 9.95. The first kappa shape index (κ1) is 22.5. The fraction of sp³-hybridized carbons (Fsp3) is 0.450. The molecule has 1 saturated heterocycles. The molecule has 2 N–H and O–H groups in total. The van der Waals surface area contributed by atoms with Gasteiger partial charge in [0.1, 0.15) is 6.04 Å². The van der Waals surface area contributed by atoms with Gasteiger partial charge in [0.05, 0.1) is 19.2 Å². The summed E-state index contributed by atoms with van der Waals surface area (Å²) in [6.45, 7) is 2.26. The number of likely N-dealkylation sites (tertiary alicyclic amines) is 1. The van der Waals surface area contributed by atoms with Gasteiger partial charge in [0.2, 0.25) is 11.8 Å². The predicted octanol–water partition coefficient (Wildman–Crippen LogP) is 2.20. The van der Waals surface area contributed by atoms with Gasteiger partial charge in [0.15, 0.2) is 11.5 Å². The molecule has 1 aromatic rings. The van der Waals surface area contributed by atoms with Gasteiger partial charge in [-0.1, -0.05) is 11.6 Å². The van der Waals surface area contributed by atoms with E-state index in [-0.39, 0.29) is 17.7 Å². The lowest BCUT2D eigenvalue weighted by Crippen LogP contribution is -2.46. The zero-order valence-corrected chi connectivity index (χ0v) is 17.4. The number of nitrogens with zero attached hydrogens (tertiary/aromatic N) is 1. The van der Waals surface area contributed by atoms with Crippen molar-refractivity contribution in [3.05, 3.63) is 28.8 Å². The Hall–Kier alpha value is -2.74. The molecular formula is C20H25ClN2O6. The molecule has 0 aromatic heterocycles. The third kappa shape index (κ3) is 5.63. The molecule has 1 aliphatic heterocycles. The first-order chi connectivity index (χ1) is 13.8. The molecule has 29 heavy (non-hydrogen) atoms. The van der Waals surface area contributed by atoms with Crippen LogP contribution in [0.2, 0.25) is 5.02 Å². The van der Waals surface area contributed by atoms with E-state index in [9.17, 15) is 14.4 Å². The highest BCUT2D eigenvalue weighted by Gasteiger charge is 2.28. The van der Waals surface area contributed by atoms with Gasteiger partial charge >= 0.3 is 5.97 Å². The molecule has 0 radical (unpaired) electrons. The third-order valence-electron chi connectivity index (χ3n) is 4.83. The van der Waals surface area contributed by atoms with E-state index in [1.165, 1.54) is 27.2 Å². The van der Waals surface area contributed by atoms with Gasteiger partial charge in [-0.15, -0.1) is 0 Å². The maximum atomic E-state index is 12.5. The predicted molar refractivity (Wildman–Crippen MR) is 108 cm³/mol. The second-order valence-corrected chi connectivity index (χ2v) is 7.08. The largest absolute Gasteiger partial charge is 0.493 e. The standard InChI is InChI=1S/C20H25ClN2O6/c1-12(20(26)27)22-19(25)14-8-10-23(11-9-14)16(24)7-5-13-4-6-15(28-2)18(29-3)17(13)21/h4-7,12,14H,8-11H2,1-3H3,(H,22,25)(H,26,27)/b7-5+. The molecule has 2 amide bonds. The van der Waals surface area contributed by atoms with Gasteiger partial charge in [0.25, 0.3) is 0 Å². The second-order valence-electron chi connectivity index (χ2n) is 6.71. The van der Waals surface area contributed by atoms with Gasteiger partial charge in [-0.25, -0.2) is 0 Å². The summed E-state index contributed by atoms with van der Waals surface area (Å²) in [5.41, 5.74) is 0.620. The zero-order chi connectivity index (χ0) is 21.6. The van der Waals surface area contributed by atoms with E-state index in [0.29, 0.717) is 48.0 Å². The summed E-state index contributed by atoms with van der Waals surface area (Å²) < 4.78 is 10.4. The molecule has 8 nitrogen and oxygen atoms in total. The van der Waals surface area contributed by atoms with Crippen molar-refractivity contribution in [1.82, 2.24) is 10.2 Å². The van der Waals surface area contributed by atoms with Gasteiger partial charge in [-0.3, -0.25) is 14.4 Å². The van der Waals surface area contributed by atoms with Gasteiger partial charge in [0, 0.05) is 25.1 Å². The SMILES string of the molecule is COc1ccc(/C=C/C(=O)N2CCC(C(=O)NC(C)C(=O)O)CC2)c(Cl)c1OC. The van der Waals surface area contributed by atoms with Crippen molar-refractivity contribution in [2.75, 3.05) is 27.3 Å². The first-order valence-corrected chi connectivity index (χ1v) is 9.56. The van der Waals surface area contributed by atoms with Crippen LogP contribution < -0.4 is 14.8 Å². The summed E-state index contributed by atoms with van der Waals surface area (Å²) in [7, 11) is 3.00. The molecule has 1 aliphatic rings. The Morgan fingerprint density at radius 1 is 1.24 bits per heavy atom. The number of methoxy groups -OCH3 is 2. The summed E-state index contributed by atoms with van der Waals surface area (Å²) in [5, 5.41) is 11.7. The smallest absolute Gasteiger partial charge is 0.325 e. The highest BCUT2D eigenvalue weighted by atomic mass is 35.5. The van der Waals surface area contributed by atoms with Crippen molar-refractivity contribution in [3.63, 3.8) is 0 Å². The second kappa shape index (κ2) is 10.2. The number of carboxylic acid groups (broad SMARTS) is 1. The molecule has 1 heterocycles. The molecule has 0 aliphatic carbocycles. The van der Waals surface area contributed by atoms with Crippen LogP contribution in [-0.4, -0.2) is 61.1 Å². The lowest BCUT2D eigenvalue weighted by Gasteiger charge is -2.31. The van der Waals surface area contributed by atoms with Crippen molar-refractivity contribution in [1.29, 1.82) is 0 Å². The monoisotopic (exact) mass is 424 g/mol. The summed E-state index contributed by atoms with van der Waals surface area (Å²) in [5.74, 6) is -0.965. The molecule has 2 rings (SSSR count). The van der Waals surface area contributed by atoms with E-state index in [0.717, 1.165) is 0 Å². The van der Waals surface area contributed by atoms with Crippen molar-refractivity contribution in [2.24, 2.45) is 5.92 Å². The number of nitrogens with one attached hydrogen (secondary N) is 1. The fourth-order valence-electron chi connectivity index (χ4n) is 3.05. The average Bonchev–Trinajstić information content (AvgIpc) is 2.72. The van der Waals surface area contributed by atoms with Crippen LogP contribution in [0.25, 0.3) is 6.08 Å². The van der Waals surface area contributed by atoms with Gasteiger partial charge in [-0.05, 0) is 43.5 Å². The molecule has 1 fully saturated rings. The van der Waals surface area contributed by atoms with Gasteiger partial charge in [-0.2, -0.15) is 0 Å². The van der Waals surface area contributed by atoms with E-state index in [2.05, 4.69) is 5.32 Å². The molecule has 1 aromatic carbocycles. The Morgan fingerprint density at radius 3 is 2.45 bits per heavy atom. The van der Waals surface area contributed by atoms with Crippen molar-refractivity contribution >= 4 is 35.5 Å². The van der Waals surface area contributed by atoms with Crippen molar-refractivity contribution in [3.8, 4) is 11.5 Å². The molecule has 0 spiro atoms. The minimum Gasteiger partial charge on any atom is -0.493 e. The van der Waals surface area contributed by atoms with Crippen LogP contribution in [0.1, 0.15) is 25.3 Å². The van der Waals surface area contributed by atoms with Gasteiger partial charge < -0.3 is 24.8 Å². The molecule has 9 heteroatoms. The maximum absolute atomic E-state index is 12.5. The lowest BCUT2D eigenvalue weighted by molar-refractivity contribution is -0.142. The van der Waals surface area contributed by atoms with Crippen LogP contribution in [0.15, 0.2) is 18.2 Å². The summed E-state index contributed by atoms with van der Waals surface area (Å²) in [6.07, 6.45) is 4.00. The Kier molecular flexibility index (Phi) is 7.90. The topological polar surface area (TPSA) is 105 Å². The van der Waals surface area contributed by atoms with Crippen LogP contribution in [0.3, 0.4) is 0 Å². The van der Waals surface area contributed by atoms with E-state index >= 15 is 0 Å². The molecule has 0 saturated carbocycles. The molecule has 158 valence electrons. The number of amides is 2. The number of carboxylic acids is 1. The zero-order valence-electron chi connectivity index (χ0n) is 16.6. The molecule has 1 unspecified atom stereocenters. The Labute approximate surface area is 174 Å². The number of halogens is 1. The number of hydrogen-bond donors (Lipinski definition) is 2. The summed E-state index contributed by atoms with van der Waals surface area (Å²) >= 11 is 6.31. The Balaban J connectivity index is 1.95.